The molecule has 2 heterocycles. The fourth-order valence-corrected chi connectivity index (χ4v) is 4.35. The second-order valence-corrected chi connectivity index (χ2v) is 7.95. The molecule has 0 saturated heterocycles. The Kier molecular flexibility index (Phi) is 4.49. The first kappa shape index (κ1) is 19.0. The Morgan fingerprint density at radius 1 is 0.576 bits per heavy atom. The van der Waals surface area contributed by atoms with E-state index in [1.165, 1.54) is 0 Å². The van der Waals surface area contributed by atoms with Crippen LogP contribution in [0.1, 0.15) is 5.56 Å². The van der Waals surface area contributed by atoms with E-state index in [4.69, 9.17) is 9.68 Å². The molecule has 0 aliphatic rings. The van der Waals surface area contributed by atoms with Crippen LogP contribution in [-0.4, -0.2) is 4.98 Å². The number of rotatable bonds is 3. The number of hydrogen-bond donors (Lipinski definition) is 0. The monoisotopic (exact) mass is 422 g/mol. The zero-order chi connectivity index (χ0) is 22.2. The molecule has 6 rings (SSSR count). The molecule has 0 radical (unpaired) electrons. The highest BCUT2D eigenvalue weighted by atomic mass is 16.3. The molecule has 0 spiro atoms. The fourth-order valence-electron chi connectivity index (χ4n) is 4.35. The molecule has 0 saturated carbocycles. The maximum Gasteiger partial charge on any atom is 0.144 e. The molecule has 0 bridgehead atoms. The van der Waals surface area contributed by atoms with E-state index in [1.54, 1.807) is 6.20 Å². The van der Waals surface area contributed by atoms with E-state index in [2.05, 4.69) is 71.7 Å². The summed E-state index contributed by atoms with van der Waals surface area (Å²) in [6.07, 6.45) is 1.80. The molecule has 0 amide bonds. The summed E-state index contributed by atoms with van der Waals surface area (Å²) in [5.41, 5.74) is 8.63. The van der Waals surface area contributed by atoms with Crippen LogP contribution in [0.2, 0.25) is 0 Å². The summed E-state index contributed by atoms with van der Waals surface area (Å²) in [5, 5.41) is 11.2. The summed E-state index contributed by atoms with van der Waals surface area (Å²) in [6, 6.07) is 36.7. The molecule has 0 aliphatic heterocycles. The maximum absolute atomic E-state index is 9.02. The standard InChI is InChI=1S/C30H18N2O/c31-19-20-10-12-21(13-11-20)22-14-16-23(17-15-22)24-5-3-6-25-26-7-4-8-27(30(26)33-29(24)25)28-9-1-2-18-32-28/h1-18H. The minimum atomic E-state index is 0.664. The molecule has 0 atom stereocenters. The van der Waals surface area contributed by atoms with Crippen LogP contribution in [0.25, 0.3) is 55.4 Å². The summed E-state index contributed by atoms with van der Waals surface area (Å²) in [5.74, 6) is 0. The van der Waals surface area contributed by atoms with Gasteiger partial charge in [-0.15, -0.1) is 0 Å². The Morgan fingerprint density at radius 2 is 1.18 bits per heavy atom. The van der Waals surface area contributed by atoms with Crippen LogP contribution < -0.4 is 0 Å². The lowest BCUT2D eigenvalue weighted by molar-refractivity contribution is 0.671. The van der Waals surface area contributed by atoms with Crippen LogP contribution in [0.15, 0.2) is 114 Å². The average molecular weight is 422 g/mol. The van der Waals surface area contributed by atoms with E-state index >= 15 is 0 Å². The van der Waals surface area contributed by atoms with Gasteiger partial charge >= 0.3 is 0 Å². The average Bonchev–Trinajstić information content (AvgIpc) is 3.28. The molecule has 154 valence electrons. The van der Waals surface area contributed by atoms with Crippen molar-refractivity contribution in [2.24, 2.45) is 0 Å². The van der Waals surface area contributed by atoms with Crippen LogP contribution in [0, 0.1) is 11.3 Å². The van der Waals surface area contributed by atoms with Crippen LogP contribution in [0.3, 0.4) is 0 Å². The number of aromatic nitrogens is 1. The number of benzene rings is 4. The second-order valence-electron chi connectivity index (χ2n) is 7.95. The van der Waals surface area contributed by atoms with Gasteiger partial charge in [0, 0.05) is 28.1 Å². The molecule has 6 aromatic rings. The molecule has 4 aromatic carbocycles. The van der Waals surface area contributed by atoms with Gasteiger partial charge in [0.25, 0.3) is 0 Å². The molecular weight excluding hydrogens is 404 g/mol. The van der Waals surface area contributed by atoms with Gasteiger partial charge in [-0.3, -0.25) is 4.98 Å². The zero-order valence-electron chi connectivity index (χ0n) is 17.7. The molecular formula is C30H18N2O. The lowest BCUT2D eigenvalue weighted by Crippen LogP contribution is -1.82. The Morgan fingerprint density at radius 3 is 1.82 bits per heavy atom. The van der Waals surface area contributed by atoms with Crippen molar-refractivity contribution in [2.45, 2.75) is 0 Å². The first-order chi connectivity index (χ1) is 16.3. The van der Waals surface area contributed by atoms with Gasteiger partial charge < -0.3 is 4.42 Å². The number of nitrogens with zero attached hydrogens (tertiary/aromatic N) is 2. The third kappa shape index (κ3) is 3.26. The van der Waals surface area contributed by atoms with Crippen LogP contribution in [0.4, 0.5) is 0 Å². The lowest BCUT2D eigenvalue weighted by Gasteiger charge is -2.06. The van der Waals surface area contributed by atoms with Crippen LogP contribution in [0.5, 0.6) is 0 Å². The van der Waals surface area contributed by atoms with E-state index < -0.39 is 0 Å². The number of fused-ring (bicyclic) bond motifs is 3. The number of hydrogen-bond acceptors (Lipinski definition) is 3. The maximum atomic E-state index is 9.02. The van der Waals surface area contributed by atoms with Crippen molar-refractivity contribution in [1.29, 1.82) is 5.26 Å². The van der Waals surface area contributed by atoms with Crippen molar-refractivity contribution in [3.05, 3.63) is 115 Å². The minimum absolute atomic E-state index is 0.664. The first-order valence-corrected chi connectivity index (χ1v) is 10.8. The normalized spacial score (nSPS) is 11.0. The summed E-state index contributed by atoms with van der Waals surface area (Å²) < 4.78 is 6.49. The van der Waals surface area contributed by atoms with Gasteiger partial charge in [0.2, 0.25) is 0 Å². The highest BCUT2D eigenvalue weighted by Crippen LogP contribution is 2.39. The summed E-state index contributed by atoms with van der Waals surface area (Å²) in [4.78, 5) is 4.52. The van der Waals surface area contributed by atoms with Gasteiger partial charge in [-0.2, -0.15) is 5.26 Å². The van der Waals surface area contributed by atoms with E-state index in [0.717, 1.165) is 55.4 Å². The summed E-state index contributed by atoms with van der Waals surface area (Å²) >= 11 is 0. The Balaban J connectivity index is 1.47. The van der Waals surface area contributed by atoms with Gasteiger partial charge in [-0.1, -0.05) is 72.8 Å². The third-order valence-corrected chi connectivity index (χ3v) is 6.01. The van der Waals surface area contributed by atoms with E-state index in [0.29, 0.717) is 5.56 Å². The number of para-hydroxylation sites is 2. The molecule has 0 N–H and O–H groups in total. The van der Waals surface area contributed by atoms with Crippen molar-refractivity contribution < 1.29 is 4.42 Å². The van der Waals surface area contributed by atoms with E-state index in [1.807, 2.05) is 42.5 Å². The van der Waals surface area contributed by atoms with E-state index in [-0.39, 0.29) is 0 Å². The van der Waals surface area contributed by atoms with Gasteiger partial charge in [-0.25, -0.2) is 0 Å². The zero-order valence-corrected chi connectivity index (χ0v) is 17.7. The second kappa shape index (κ2) is 7.78. The van der Waals surface area contributed by atoms with Crippen molar-refractivity contribution >= 4 is 21.9 Å². The molecule has 0 aliphatic carbocycles. The predicted molar refractivity (Wildman–Crippen MR) is 133 cm³/mol. The SMILES string of the molecule is N#Cc1ccc(-c2ccc(-c3cccc4c3oc3c(-c5ccccn5)cccc34)cc2)cc1. The largest absolute Gasteiger partial charge is 0.455 e. The lowest BCUT2D eigenvalue weighted by atomic mass is 9.98. The van der Waals surface area contributed by atoms with Crippen LogP contribution >= 0.6 is 0 Å². The van der Waals surface area contributed by atoms with Crippen LogP contribution in [-0.2, 0) is 0 Å². The smallest absolute Gasteiger partial charge is 0.144 e. The minimum Gasteiger partial charge on any atom is -0.455 e. The highest BCUT2D eigenvalue weighted by Gasteiger charge is 2.15. The molecule has 0 unspecified atom stereocenters. The number of nitriles is 1. The topological polar surface area (TPSA) is 49.8 Å². The van der Waals surface area contributed by atoms with Gasteiger partial charge in [0.1, 0.15) is 11.2 Å². The van der Waals surface area contributed by atoms with Crippen molar-refractivity contribution in [3.63, 3.8) is 0 Å². The summed E-state index contributed by atoms with van der Waals surface area (Å²) in [7, 11) is 0. The van der Waals surface area contributed by atoms with Crippen molar-refractivity contribution in [1.82, 2.24) is 4.98 Å². The highest BCUT2D eigenvalue weighted by molar-refractivity contribution is 6.12. The van der Waals surface area contributed by atoms with E-state index in [9.17, 15) is 0 Å². The van der Waals surface area contributed by atoms with Gasteiger partial charge in [-0.05, 0) is 47.0 Å². The Bertz CT molecular complexity index is 1640. The molecule has 3 nitrogen and oxygen atoms in total. The van der Waals surface area contributed by atoms with Gasteiger partial charge in [0.05, 0.1) is 17.3 Å². The molecule has 0 fully saturated rings. The third-order valence-electron chi connectivity index (χ3n) is 6.01. The molecule has 33 heavy (non-hydrogen) atoms. The molecule has 2 aromatic heterocycles. The Hall–Kier alpha value is -4.68. The predicted octanol–water partition coefficient (Wildman–Crippen LogP) is 7.85. The molecule has 3 heteroatoms. The fraction of sp³-hybridized carbons (Fsp3) is 0. The van der Waals surface area contributed by atoms with Crippen molar-refractivity contribution in [3.8, 4) is 39.6 Å². The number of furan rings is 1. The Labute approximate surface area is 191 Å². The van der Waals surface area contributed by atoms with Crippen molar-refractivity contribution in [2.75, 3.05) is 0 Å². The van der Waals surface area contributed by atoms with Gasteiger partial charge in [0.15, 0.2) is 0 Å². The quantitative estimate of drug-likeness (QED) is 0.292. The summed E-state index contributed by atoms with van der Waals surface area (Å²) in [6.45, 7) is 0. The number of pyridine rings is 1. The first-order valence-electron chi connectivity index (χ1n) is 10.8.